The molecule has 0 aliphatic heterocycles. The van der Waals surface area contributed by atoms with Crippen molar-refractivity contribution in [3.63, 3.8) is 0 Å². The monoisotopic (exact) mass is 466 g/mol. The van der Waals surface area contributed by atoms with Crippen LogP contribution in [0.1, 0.15) is 61.0 Å². The Morgan fingerprint density at radius 3 is 1.88 bits per heavy atom. The summed E-state index contributed by atoms with van der Waals surface area (Å²) in [6.07, 6.45) is -1.52. The normalized spacial score (nSPS) is 15.3. The maximum atomic E-state index is 12.4. The average Bonchev–Trinajstić information content (AvgIpc) is 2.62. The lowest BCUT2D eigenvalue weighted by Crippen LogP contribution is -2.58. The minimum absolute atomic E-state index is 0.0373. The van der Waals surface area contributed by atoms with Gasteiger partial charge in [-0.25, -0.2) is 9.59 Å². The topological polar surface area (TPSA) is 85.9 Å². The molecule has 1 rings (SSSR count). The highest BCUT2D eigenvalue weighted by Crippen LogP contribution is 2.38. The lowest BCUT2D eigenvalue weighted by Gasteiger charge is -2.42. The van der Waals surface area contributed by atoms with Crippen molar-refractivity contribution < 1.29 is 23.5 Å². The molecule has 0 aliphatic rings. The summed E-state index contributed by atoms with van der Waals surface area (Å²) in [7, 11) is -2.20. The molecular weight excluding hydrogens is 424 g/mol. The van der Waals surface area contributed by atoms with Crippen LogP contribution < -0.4 is 10.6 Å². The molecule has 2 N–H and O–H groups in total. The second kappa shape index (κ2) is 11.2. The molecule has 1 aromatic carbocycles. The van der Waals surface area contributed by atoms with Gasteiger partial charge in [0.15, 0.2) is 8.32 Å². The first-order valence-corrected chi connectivity index (χ1v) is 14.1. The van der Waals surface area contributed by atoms with Crippen molar-refractivity contribution >= 4 is 20.5 Å². The van der Waals surface area contributed by atoms with E-state index in [1.165, 1.54) is 0 Å². The molecule has 7 nitrogen and oxygen atoms in total. The molecule has 0 heterocycles. The van der Waals surface area contributed by atoms with Gasteiger partial charge in [-0.2, -0.15) is 0 Å². The maximum absolute atomic E-state index is 12.4. The third-order valence-electron chi connectivity index (χ3n) is 5.53. The summed E-state index contributed by atoms with van der Waals surface area (Å²) in [5, 5.41) is 5.70. The van der Waals surface area contributed by atoms with Crippen molar-refractivity contribution in [3.05, 3.63) is 35.9 Å². The van der Waals surface area contributed by atoms with E-state index in [4.69, 9.17) is 13.9 Å². The van der Waals surface area contributed by atoms with Gasteiger partial charge in [0, 0.05) is 0 Å². The standard InChI is InChI=1S/C24H42N2O5Si/c1-17(25-21(27)29-16-19-14-12-11-13-15-19)20(31-32(9,10)24(6,7)8)18(2)26-22(28)30-23(3,4)5/h11-15,17-18,20H,16H2,1-10H3,(H,25,27)(H,26,28)/t17-,18+,20+/m1/s1. The second-order valence-corrected chi connectivity index (χ2v) is 15.5. The lowest BCUT2D eigenvalue weighted by molar-refractivity contribution is 0.0414. The zero-order valence-electron chi connectivity index (χ0n) is 21.4. The molecule has 0 saturated carbocycles. The molecule has 0 fully saturated rings. The van der Waals surface area contributed by atoms with Crippen LogP contribution in [0.5, 0.6) is 0 Å². The van der Waals surface area contributed by atoms with E-state index in [9.17, 15) is 9.59 Å². The highest BCUT2D eigenvalue weighted by molar-refractivity contribution is 6.74. The first-order valence-electron chi connectivity index (χ1n) is 11.2. The van der Waals surface area contributed by atoms with Crippen LogP contribution in [0.3, 0.4) is 0 Å². The van der Waals surface area contributed by atoms with Gasteiger partial charge in [0.25, 0.3) is 0 Å². The van der Waals surface area contributed by atoms with E-state index >= 15 is 0 Å². The molecule has 1 aromatic rings. The molecular formula is C24H42N2O5Si. The summed E-state index contributed by atoms with van der Waals surface area (Å²) >= 11 is 0. The van der Waals surface area contributed by atoms with Gasteiger partial charge < -0.3 is 24.5 Å². The number of carbonyl (C=O) groups excluding carboxylic acids is 2. The Bertz CT molecular complexity index is 741. The number of hydrogen-bond donors (Lipinski definition) is 2. The molecule has 0 unspecified atom stereocenters. The molecule has 0 aliphatic carbocycles. The summed E-state index contributed by atoms with van der Waals surface area (Å²) in [6.45, 7) is 20.1. The van der Waals surface area contributed by atoms with E-state index in [0.29, 0.717) is 0 Å². The van der Waals surface area contributed by atoms with Gasteiger partial charge in [0.1, 0.15) is 12.2 Å². The third-order valence-corrected chi connectivity index (χ3v) is 10.00. The fraction of sp³-hybridized carbons (Fsp3) is 0.667. The van der Waals surface area contributed by atoms with Crippen LogP contribution in [0.4, 0.5) is 9.59 Å². The van der Waals surface area contributed by atoms with E-state index in [1.807, 2.05) is 65.0 Å². The van der Waals surface area contributed by atoms with Gasteiger partial charge in [0.05, 0.1) is 18.2 Å². The van der Waals surface area contributed by atoms with Gasteiger partial charge in [-0.3, -0.25) is 0 Å². The van der Waals surface area contributed by atoms with Gasteiger partial charge in [0.2, 0.25) is 0 Å². The minimum atomic E-state index is -2.20. The predicted molar refractivity (Wildman–Crippen MR) is 130 cm³/mol. The molecule has 0 radical (unpaired) electrons. The molecule has 182 valence electrons. The van der Waals surface area contributed by atoms with E-state index in [2.05, 4.69) is 44.5 Å². The van der Waals surface area contributed by atoms with Crippen LogP contribution in [-0.4, -0.2) is 44.3 Å². The van der Waals surface area contributed by atoms with Crippen molar-refractivity contribution in [2.45, 2.75) is 104 Å². The highest BCUT2D eigenvalue weighted by atomic mass is 28.4. The largest absolute Gasteiger partial charge is 0.445 e. The molecule has 8 heteroatoms. The summed E-state index contributed by atoms with van der Waals surface area (Å²) in [5.41, 5.74) is 0.300. The highest BCUT2D eigenvalue weighted by Gasteiger charge is 2.42. The molecule has 0 aromatic heterocycles. The first kappa shape index (κ1) is 28.0. The van der Waals surface area contributed by atoms with Gasteiger partial charge in [-0.05, 0) is 58.3 Å². The van der Waals surface area contributed by atoms with Crippen molar-refractivity contribution in [3.8, 4) is 0 Å². The van der Waals surface area contributed by atoms with Gasteiger partial charge in [-0.1, -0.05) is 51.1 Å². The summed E-state index contributed by atoms with van der Waals surface area (Å²) in [4.78, 5) is 24.8. The summed E-state index contributed by atoms with van der Waals surface area (Å²) in [5.74, 6) is 0. The quantitative estimate of drug-likeness (QED) is 0.487. The second-order valence-electron chi connectivity index (χ2n) is 10.8. The molecule has 3 atom stereocenters. The minimum Gasteiger partial charge on any atom is -0.445 e. The van der Waals surface area contributed by atoms with Crippen LogP contribution in [0.15, 0.2) is 30.3 Å². The third kappa shape index (κ3) is 9.61. The van der Waals surface area contributed by atoms with Crippen molar-refractivity contribution in [2.75, 3.05) is 0 Å². The average molecular weight is 467 g/mol. The van der Waals surface area contributed by atoms with Gasteiger partial charge >= 0.3 is 12.2 Å². The molecule has 32 heavy (non-hydrogen) atoms. The fourth-order valence-electron chi connectivity index (χ4n) is 2.76. The van der Waals surface area contributed by atoms with Gasteiger partial charge in [-0.15, -0.1) is 0 Å². The predicted octanol–water partition coefficient (Wildman–Crippen LogP) is 5.60. The van der Waals surface area contributed by atoms with E-state index in [1.54, 1.807) is 0 Å². The summed E-state index contributed by atoms with van der Waals surface area (Å²) < 4.78 is 17.4. The molecule has 0 bridgehead atoms. The Morgan fingerprint density at radius 2 is 1.41 bits per heavy atom. The number of nitrogens with one attached hydrogen (secondary N) is 2. The Hall–Kier alpha value is -2.06. The van der Waals surface area contributed by atoms with Crippen LogP contribution in [0.25, 0.3) is 0 Å². The van der Waals surface area contributed by atoms with Crippen molar-refractivity contribution in [2.24, 2.45) is 0 Å². The Balaban J connectivity index is 2.90. The molecule has 0 saturated heterocycles. The fourth-order valence-corrected chi connectivity index (χ4v) is 4.20. The van der Waals surface area contributed by atoms with E-state index in [-0.39, 0.29) is 11.6 Å². The van der Waals surface area contributed by atoms with Crippen LogP contribution in [0, 0.1) is 0 Å². The van der Waals surface area contributed by atoms with Crippen LogP contribution in [-0.2, 0) is 20.5 Å². The Kier molecular flexibility index (Phi) is 9.78. The number of carbonyl (C=O) groups is 2. The lowest BCUT2D eigenvalue weighted by atomic mass is 10.1. The van der Waals surface area contributed by atoms with E-state index in [0.717, 1.165) is 5.56 Å². The Labute approximate surface area is 194 Å². The molecule has 0 spiro atoms. The number of rotatable bonds is 8. The Morgan fingerprint density at radius 1 is 0.906 bits per heavy atom. The number of ether oxygens (including phenoxy) is 2. The first-order chi connectivity index (χ1) is 14.5. The maximum Gasteiger partial charge on any atom is 0.407 e. The van der Waals surface area contributed by atoms with Crippen molar-refractivity contribution in [1.82, 2.24) is 10.6 Å². The smallest absolute Gasteiger partial charge is 0.407 e. The number of alkyl carbamates (subject to hydrolysis) is 2. The van der Waals surface area contributed by atoms with E-state index < -0.39 is 44.3 Å². The van der Waals surface area contributed by atoms with Crippen LogP contribution in [0.2, 0.25) is 18.1 Å². The summed E-state index contributed by atoms with van der Waals surface area (Å²) in [6, 6.07) is 8.69. The number of benzene rings is 1. The zero-order chi connectivity index (χ0) is 24.7. The van der Waals surface area contributed by atoms with Crippen molar-refractivity contribution in [1.29, 1.82) is 0 Å². The van der Waals surface area contributed by atoms with Crippen LogP contribution >= 0.6 is 0 Å². The number of hydrogen-bond acceptors (Lipinski definition) is 5. The zero-order valence-corrected chi connectivity index (χ0v) is 22.4. The SMILES string of the molecule is C[C@H](NC(=O)OC(C)(C)C)[C@@H](O[Si](C)(C)C(C)(C)C)[C@@H](C)NC(=O)OCc1ccccc1. The molecule has 2 amide bonds. The number of amides is 2.